The van der Waals surface area contributed by atoms with E-state index in [0.29, 0.717) is 35.5 Å². The zero-order valence-electron chi connectivity index (χ0n) is 22.7. The second kappa shape index (κ2) is 12.0. The summed E-state index contributed by atoms with van der Waals surface area (Å²) in [6.45, 7) is 7.12. The highest BCUT2D eigenvalue weighted by Gasteiger charge is 2.14. The van der Waals surface area contributed by atoms with Gasteiger partial charge in [0.1, 0.15) is 0 Å². The molecule has 0 amide bonds. The number of nitrogens with zero attached hydrogens (tertiary/aromatic N) is 6. The molecule has 200 valence electrons. The Kier molecular flexibility index (Phi) is 9.23. The van der Waals surface area contributed by atoms with Gasteiger partial charge in [0.25, 0.3) is 0 Å². The summed E-state index contributed by atoms with van der Waals surface area (Å²) in [5.74, 6) is 0. The van der Waals surface area contributed by atoms with E-state index >= 15 is 0 Å². The van der Waals surface area contributed by atoms with Gasteiger partial charge in [-0.05, 0) is 92.2 Å². The average molecular weight is 527 g/mol. The number of benzene rings is 2. The molecule has 37 heavy (non-hydrogen) atoms. The van der Waals surface area contributed by atoms with Gasteiger partial charge in [0.2, 0.25) is 0 Å². The minimum absolute atomic E-state index is 0. The van der Waals surface area contributed by atoms with Crippen LogP contribution < -0.4 is 10.7 Å². The summed E-state index contributed by atoms with van der Waals surface area (Å²) in [6.07, 6.45) is 1.93. The van der Waals surface area contributed by atoms with Crippen molar-refractivity contribution in [2.45, 2.75) is 26.7 Å². The zero-order valence-corrected chi connectivity index (χ0v) is 23.5. The van der Waals surface area contributed by atoms with Crippen LogP contribution in [-0.4, -0.2) is 84.0 Å². The fourth-order valence-electron chi connectivity index (χ4n) is 4.70. The highest BCUT2D eigenvalue weighted by Crippen LogP contribution is 2.29. The van der Waals surface area contributed by atoms with Crippen LogP contribution in [-0.2, 0) is 0 Å². The first-order valence-corrected chi connectivity index (χ1v) is 12.5. The number of halogens is 1. The topological polar surface area (TPSA) is 81.5 Å². The first kappa shape index (κ1) is 28.5. The van der Waals surface area contributed by atoms with E-state index in [2.05, 4.69) is 38.0 Å². The lowest BCUT2D eigenvalue weighted by atomic mass is 10.0. The van der Waals surface area contributed by atoms with Gasteiger partial charge in [-0.1, -0.05) is 12.1 Å². The van der Waals surface area contributed by atoms with E-state index in [1.54, 1.807) is 0 Å². The van der Waals surface area contributed by atoms with Gasteiger partial charge in [-0.15, -0.1) is 12.4 Å². The molecule has 0 spiro atoms. The maximum atomic E-state index is 11.0. The molecule has 0 atom stereocenters. The van der Waals surface area contributed by atoms with Crippen molar-refractivity contribution in [3.63, 3.8) is 0 Å². The van der Waals surface area contributed by atoms with Crippen molar-refractivity contribution in [3.05, 3.63) is 58.5 Å². The monoisotopic (exact) mass is 526 g/mol. The summed E-state index contributed by atoms with van der Waals surface area (Å²) in [5.41, 5.74) is 2.79. The molecule has 0 aliphatic carbocycles. The van der Waals surface area contributed by atoms with E-state index in [1.165, 1.54) is 9.46 Å². The molecule has 0 aliphatic rings. The van der Waals surface area contributed by atoms with E-state index in [-0.39, 0.29) is 12.4 Å². The molecular weight excluding hydrogens is 488 g/mol. The summed E-state index contributed by atoms with van der Waals surface area (Å²) in [4.78, 5) is 14.0. The molecule has 0 fully saturated rings. The summed E-state index contributed by atoms with van der Waals surface area (Å²) in [6, 6.07) is 11.8. The molecule has 8 nitrogen and oxygen atoms in total. The van der Waals surface area contributed by atoms with Crippen molar-refractivity contribution in [1.29, 1.82) is 0 Å². The Morgan fingerprint density at radius 3 is 1.35 bits per heavy atom. The minimum atomic E-state index is 0. The van der Waals surface area contributed by atoms with Crippen LogP contribution in [0.4, 0.5) is 0 Å². The molecule has 0 radical (unpaired) electrons. The van der Waals surface area contributed by atoms with E-state index in [0.717, 1.165) is 58.2 Å². The Balaban J connectivity index is 0.00000380. The van der Waals surface area contributed by atoms with E-state index in [1.807, 2.05) is 50.2 Å². The molecule has 2 aromatic heterocycles. The van der Waals surface area contributed by atoms with Crippen molar-refractivity contribution in [3.8, 4) is 0 Å². The second-order valence-electron chi connectivity index (χ2n) is 10.1. The fourth-order valence-corrected chi connectivity index (χ4v) is 4.70. The van der Waals surface area contributed by atoms with Gasteiger partial charge in [0, 0.05) is 34.6 Å². The highest BCUT2D eigenvalue weighted by molar-refractivity contribution is 6.14. The lowest BCUT2D eigenvalue weighted by Crippen LogP contribution is -2.16. The quantitative estimate of drug-likeness (QED) is 0.207. The van der Waals surface area contributed by atoms with Crippen LogP contribution in [0, 0.1) is 13.8 Å². The number of hydrogen-bond donors (Lipinski definition) is 2. The molecule has 2 aromatic carbocycles. The summed E-state index contributed by atoms with van der Waals surface area (Å²) < 4.78 is 2.46. The number of rotatable bonds is 8. The third kappa shape index (κ3) is 5.92. The molecule has 0 saturated heterocycles. The van der Waals surface area contributed by atoms with Gasteiger partial charge in [-0.3, -0.25) is 9.98 Å². The van der Waals surface area contributed by atoms with Crippen LogP contribution in [0.1, 0.15) is 24.2 Å². The van der Waals surface area contributed by atoms with Gasteiger partial charge in [0.15, 0.2) is 0 Å². The normalized spacial score (nSPS) is 13.0. The van der Waals surface area contributed by atoms with Crippen LogP contribution in [0.15, 0.2) is 46.4 Å². The van der Waals surface area contributed by atoms with Crippen molar-refractivity contribution < 1.29 is 10.4 Å². The maximum absolute atomic E-state index is 11.0. The lowest BCUT2D eigenvalue weighted by Gasteiger charge is -2.15. The predicted molar refractivity (Wildman–Crippen MR) is 153 cm³/mol. The van der Waals surface area contributed by atoms with Crippen molar-refractivity contribution in [1.82, 2.24) is 19.3 Å². The molecule has 2 N–H and O–H groups in total. The standard InChI is InChI=1S/C28H38N6O2.ClH/c1-19-17-25(29-13-7-15-31(3)4)23-11-10-22-21(27(23)33(19)35)9-12-24-26(30-14-8-16-32(5)6)18-20(2)34(36)28(22)24;/h9-12,17-18,35-36H,7-8,13-16H2,1-6H3;1H. The number of aromatic nitrogens is 2. The largest absolute Gasteiger partial charge is 0.428 e. The Morgan fingerprint density at radius 2 is 1.00 bits per heavy atom. The van der Waals surface area contributed by atoms with Crippen molar-refractivity contribution in [2.75, 3.05) is 54.4 Å². The Bertz CT molecular complexity index is 1440. The molecular formula is C28H39ClN6O2. The zero-order chi connectivity index (χ0) is 26.0. The van der Waals surface area contributed by atoms with Crippen LogP contribution >= 0.6 is 12.4 Å². The van der Waals surface area contributed by atoms with E-state index in [9.17, 15) is 10.4 Å². The highest BCUT2D eigenvalue weighted by atomic mass is 35.5. The van der Waals surface area contributed by atoms with E-state index in [4.69, 9.17) is 9.98 Å². The Hall–Kier alpha value is -3.07. The van der Waals surface area contributed by atoms with Crippen molar-refractivity contribution in [2.24, 2.45) is 9.98 Å². The van der Waals surface area contributed by atoms with Gasteiger partial charge in [0.05, 0.1) is 33.1 Å². The number of fused-ring (bicyclic) bond motifs is 5. The van der Waals surface area contributed by atoms with Crippen molar-refractivity contribution >= 4 is 45.0 Å². The molecule has 4 rings (SSSR count). The molecule has 0 bridgehead atoms. The number of aryl methyl sites for hydroxylation is 2. The third-order valence-corrected chi connectivity index (χ3v) is 6.57. The smallest absolute Gasteiger partial charge is 0.0968 e. The molecule has 0 unspecified atom stereocenters. The van der Waals surface area contributed by atoms with Crippen LogP contribution in [0.2, 0.25) is 0 Å². The van der Waals surface area contributed by atoms with Gasteiger partial charge >= 0.3 is 0 Å². The molecule has 9 heteroatoms. The first-order chi connectivity index (χ1) is 17.2. The van der Waals surface area contributed by atoms with E-state index < -0.39 is 0 Å². The van der Waals surface area contributed by atoms with Crippen LogP contribution in [0.5, 0.6) is 0 Å². The molecule has 0 aliphatic heterocycles. The predicted octanol–water partition coefficient (Wildman–Crippen LogP) is 3.97. The summed E-state index contributed by atoms with van der Waals surface area (Å²) in [5, 5.41) is 27.3. The minimum Gasteiger partial charge on any atom is -0.428 e. The average Bonchev–Trinajstić information content (AvgIpc) is 2.83. The number of hydrogen-bond acceptors (Lipinski definition) is 6. The number of pyridine rings is 2. The molecule has 4 aromatic rings. The fraction of sp³-hybridized carbons (Fsp3) is 0.429. The summed E-state index contributed by atoms with van der Waals surface area (Å²) >= 11 is 0. The Labute approximate surface area is 224 Å². The maximum Gasteiger partial charge on any atom is 0.0968 e. The van der Waals surface area contributed by atoms with Crippen LogP contribution in [0.3, 0.4) is 0 Å². The lowest BCUT2D eigenvalue weighted by molar-refractivity contribution is 0.191. The Morgan fingerprint density at radius 1 is 0.649 bits per heavy atom. The second-order valence-corrected chi connectivity index (χ2v) is 10.1. The third-order valence-electron chi connectivity index (χ3n) is 6.57. The van der Waals surface area contributed by atoms with Gasteiger partial charge in [-0.2, -0.15) is 9.46 Å². The summed E-state index contributed by atoms with van der Waals surface area (Å²) in [7, 11) is 8.24. The van der Waals surface area contributed by atoms with Gasteiger partial charge in [-0.25, -0.2) is 0 Å². The van der Waals surface area contributed by atoms with Crippen LogP contribution in [0.25, 0.3) is 32.6 Å². The first-order valence-electron chi connectivity index (χ1n) is 12.5. The molecule has 0 saturated carbocycles. The molecule has 2 heterocycles. The van der Waals surface area contributed by atoms with Gasteiger partial charge < -0.3 is 20.2 Å². The SMILES string of the molecule is Cc1cc(=NCCCN(C)C)c2ccc3c(ccc4c(=NCCCN(C)C)cc(C)n(O)c43)c2n1O.Cl.